The van der Waals surface area contributed by atoms with E-state index in [1.165, 1.54) is 4.90 Å². The van der Waals surface area contributed by atoms with Gasteiger partial charge >= 0.3 is 6.03 Å². The molecule has 0 bridgehead atoms. The number of urea groups is 1. The lowest BCUT2D eigenvalue weighted by atomic mass is 9.89. The van der Waals surface area contributed by atoms with E-state index in [4.69, 9.17) is 0 Å². The molecule has 0 saturated carbocycles. The number of aliphatic hydroxyl groups is 1. The molecule has 2 saturated heterocycles. The van der Waals surface area contributed by atoms with Crippen LogP contribution in [0.4, 0.5) is 4.79 Å². The molecule has 2 N–H and O–H groups in total. The second-order valence-corrected chi connectivity index (χ2v) is 6.05. The molecule has 7 nitrogen and oxygen atoms in total. The molecular weight excluding hydrogens is 298 g/mol. The van der Waals surface area contributed by atoms with Gasteiger partial charge in [0, 0.05) is 6.54 Å². The first-order valence-electron chi connectivity index (χ1n) is 7.55. The standard InChI is InChI=1S/C16H19N3O4/c1-11-4-2-3-5-12(11)16(23)6-7-18(10-16)14(21)9-19-13(20)8-17-15(19)22/h2-5,23H,6-10H2,1H3,(H,17,22). The van der Waals surface area contributed by atoms with Crippen LogP contribution in [0.15, 0.2) is 24.3 Å². The van der Waals surface area contributed by atoms with Crippen molar-refractivity contribution < 1.29 is 19.5 Å². The summed E-state index contributed by atoms with van der Waals surface area (Å²) in [5.74, 6) is -0.739. The fraction of sp³-hybridized carbons (Fsp3) is 0.438. The molecule has 1 atom stereocenters. The number of β-amino-alcohol motifs (C(OH)–C–C–N with tert-alkyl or cyclic N) is 1. The van der Waals surface area contributed by atoms with Crippen molar-refractivity contribution in [3.05, 3.63) is 35.4 Å². The van der Waals surface area contributed by atoms with Gasteiger partial charge in [-0.3, -0.25) is 14.5 Å². The van der Waals surface area contributed by atoms with Crippen molar-refractivity contribution in [2.24, 2.45) is 0 Å². The molecule has 2 fully saturated rings. The molecule has 3 rings (SSSR count). The highest BCUT2D eigenvalue weighted by Gasteiger charge is 2.41. The number of amides is 4. The first kappa shape index (κ1) is 15.5. The third kappa shape index (κ3) is 2.79. The normalized spacial score (nSPS) is 24.3. The highest BCUT2D eigenvalue weighted by atomic mass is 16.3. The zero-order valence-electron chi connectivity index (χ0n) is 12.9. The average molecular weight is 317 g/mol. The van der Waals surface area contributed by atoms with Gasteiger partial charge in [0.15, 0.2) is 0 Å². The summed E-state index contributed by atoms with van der Waals surface area (Å²) in [6, 6.07) is 7.00. The van der Waals surface area contributed by atoms with Crippen LogP contribution in [0, 0.1) is 6.92 Å². The van der Waals surface area contributed by atoms with Crippen LogP contribution in [0.25, 0.3) is 0 Å². The number of nitrogens with one attached hydrogen (secondary N) is 1. The molecule has 2 heterocycles. The van der Waals surface area contributed by atoms with Crippen molar-refractivity contribution in [1.29, 1.82) is 0 Å². The van der Waals surface area contributed by atoms with E-state index in [0.717, 1.165) is 16.0 Å². The van der Waals surface area contributed by atoms with E-state index in [1.54, 1.807) is 0 Å². The molecule has 0 spiro atoms. The van der Waals surface area contributed by atoms with E-state index in [9.17, 15) is 19.5 Å². The van der Waals surface area contributed by atoms with Gasteiger partial charge in [0.2, 0.25) is 5.91 Å². The Morgan fingerprint density at radius 3 is 2.74 bits per heavy atom. The maximum atomic E-state index is 12.3. The van der Waals surface area contributed by atoms with Gasteiger partial charge < -0.3 is 15.3 Å². The molecule has 0 radical (unpaired) electrons. The Balaban J connectivity index is 1.70. The summed E-state index contributed by atoms with van der Waals surface area (Å²) < 4.78 is 0. The zero-order valence-corrected chi connectivity index (χ0v) is 12.9. The van der Waals surface area contributed by atoms with Crippen LogP contribution in [-0.4, -0.2) is 58.9 Å². The van der Waals surface area contributed by atoms with Gasteiger partial charge in [0.1, 0.15) is 12.1 Å². The van der Waals surface area contributed by atoms with E-state index in [-0.39, 0.29) is 25.5 Å². The van der Waals surface area contributed by atoms with Gasteiger partial charge in [-0.25, -0.2) is 4.79 Å². The zero-order chi connectivity index (χ0) is 16.6. The maximum absolute atomic E-state index is 12.3. The number of rotatable bonds is 3. The Bertz CT molecular complexity index is 659. The topological polar surface area (TPSA) is 89.9 Å². The number of imide groups is 1. The quantitative estimate of drug-likeness (QED) is 0.766. The second-order valence-electron chi connectivity index (χ2n) is 6.05. The average Bonchev–Trinajstić information content (AvgIpc) is 3.06. The predicted molar refractivity (Wildman–Crippen MR) is 81.4 cm³/mol. The molecule has 2 aliphatic rings. The summed E-state index contributed by atoms with van der Waals surface area (Å²) in [5.41, 5.74) is 0.696. The second kappa shape index (κ2) is 5.66. The number of nitrogens with zero attached hydrogens (tertiary/aromatic N) is 2. The third-order valence-corrected chi connectivity index (χ3v) is 4.48. The minimum Gasteiger partial charge on any atom is -0.383 e. The Labute approximate surface area is 133 Å². The molecular formula is C16H19N3O4. The van der Waals surface area contributed by atoms with E-state index in [0.29, 0.717) is 13.0 Å². The largest absolute Gasteiger partial charge is 0.383 e. The van der Waals surface area contributed by atoms with E-state index >= 15 is 0 Å². The number of carbonyl (C=O) groups excluding carboxylic acids is 3. The monoisotopic (exact) mass is 317 g/mol. The number of aryl methyl sites for hydroxylation is 1. The summed E-state index contributed by atoms with van der Waals surface area (Å²) in [6.07, 6.45) is 0.434. The Morgan fingerprint density at radius 1 is 1.35 bits per heavy atom. The van der Waals surface area contributed by atoms with Gasteiger partial charge in [-0.05, 0) is 24.5 Å². The van der Waals surface area contributed by atoms with Crippen LogP contribution in [0.3, 0.4) is 0 Å². The molecule has 122 valence electrons. The number of likely N-dealkylation sites (tertiary alicyclic amines) is 1. The summed E-state index contributed by atoms with van der Waals surface area (Å²) in [4.78, 5) is 37.8. The molecule has 1 aromatic carbocycles. The third-order valence-electron chi connectivity index (χ3n) is 4.48. The molecule has 0 aromatic heterocycles. The van der Waals surface area contributed by atoms with Gasteiger partial charge in [-0.1, -0.05) is 24.3 Å². The SMILES string of the molecule is Cc1ccccc1C1(O)CCN(C(=O)CN2C(=O)CNC2=O)C1. The highest BCUT2D eigenvalue weighted by molar-refractivity contribution is 6.04. The van der Waals surface area contributed by atoms with Gasteiger partial charge in [-0.2, -0.15) is 0 Å². The Morgan fingerprint density at radius 2 is 2.09 bits per heavy atom. The van der Waals surface area contributed by atoms with Crippen LogP contribution in [0.1, 0.15) is 17.5 Å². The van der Waals surface area contributed by atoms with Gasteiger partial charge in [-0.15, -0.1) is 0 Å². The minimum absolute atomic E-state index is 0.0702. The molecule has 23 heavy (non-hydrogen) atoms. The van der Waals surface area contributed by atoms with Gasteiger partial charge in [0.05, 0.1) is 13.1 Å². The predicted octanol–water partition coefficient (Wildman–Crippen LogP) is -0.0333. The summed E-state index contributed by atoms with van der Waals surface area (Å²) in [7, 11) is 0. The van der Waals surface area contributed by atoms with Crippen LogP contribution in [-0.2, 0) is 15.2 Å². The minimum atomic E-state index is -1.09. The van der Waals surface area contributed by atoms with E-state index in [1.807, 2.05) is 31.2 Å². The smallest absolute Gasteiger partial charge is 0.325 e. The highest BCUT2D eigenvalue weighted by Crippen LogP contribution is 2.33. The first-order valence-corrected chi connectivity index (χ1v) is 7.55. The van der Waals surface area contributed by atoms with E-state index in [2.05, 4.69) is 5.32 Å². The molecule has 1 unspecified atom stereocenters. The molecule has 7 heteroatoms. The molecule has 2 aliphatic heterocycles. The number of hydrogen-bond donors (Lipinski definition) is 2. The lowest BCUT2D eigenvalue weighted by Crippen LogP contribution is -2.43. The molecule has 0 aliphatic carbocycles. The van der Waals surface area contributed by atoms with Crippen molar-refractivity contribution in [1.82, 2.24) is 15.1 Å². The first-order chi connectivity index (χ1) is 10.9. The van der Waals surface area contributed by atoms with E-state index < -0.39 is 17.5 Å². The number of benzene rings is 1. The molecule has 1 aromatic rings. The van der Waals surface area contributed by atoms with Crippen molar-refractivity contribution in [3.63, 3.8) is 0 Å². The lowest BCUT2D eigenvalue weighted by Gasteiger charge is -2.26. The van der Waals surface area contributed by atoms with Crippen molar-refractivity contribution >= 4 is 17.8 Å². The van der Waals surface area contributed by atoms with Crippen LogP contribution >= 0.6 is 0 Å². The molecule has 4 amide bonds. The summed E-state index contributed by atoms with van der Waals surface area (Å²) >= 11 is 0. The summed E-state index contributed by atoms with van der Waals surface area (Å²) in [5, 5.41) is 13.3. The van der Waals surface area contributed by atoms with Crippen LogP contribution in [0.5, 0.6) is 0 Å². The van der Waals surface area contributed by atoms with Crippen molar-refractivity contribution in [2.75, 3.05) is 26.2 Å². The van der Waals surface area contributed by atoms with Crippen LogP contribution < -0.4 is 5.32 Å². The fourth-order valence-electron chi connectivity index (χ4n) is 3.17. The lowest BCUT2D eigenvalue weighted by molar-refractivity contribution is -0.136. The van der Waals surface area contributed by atoms with Gasteiger partial charge in [0.25, 0.3) is 5.91 Å². The van der Waals surface area contributed by atoms with Crippen LogP contribution in [0.2, 0.25) is 0 Å². The number of carbonyl (C=O) groups is 3. The fourth-order valence-corrected chi connectivity index (χ4v) is 3.17. The Hall–Kier alpha value is -2.41. The number of hydrogen-bond acceptors (Lipinski definition) is 4. The summed E-state index contributed by atoms with van der Waals surface area (Å²) in [6.45, 7) is 2.13. The Kier molecular flexibility index (Phi) is 3.81. The maximum Gasteiger partial charge on any atom is 0.325 e. The van der Waals surface area contributed by atoms with Crippen molar-refractivity contribution in [2.45, 2.75) is 18.9 Å². The van der Waals surface area contributed by atoms with Crippen molar-refractivity contribution in [3.8, 4) is 0 Å².